The van der Waals surface area contributed by atoms with Gasteiger partial charge in [-0.3, -0.25) is 9.78 Å². The number of hydrogen-bond donors (Lipinski definition) is 2. The Kier molecular flexibility index (Phi) is 5.48. The van der Waals surface area contributed by atoms with E-state index < -0.39 is 5.54 Å². The number of anilines is 1. The maximum absolute atomic E-state index is 13.9. The van der Waals surface area contributed by atoms with Crippen LogP contribution >= 0.6 is 0 Å². The number of amides is 1. The third-order valence-corrected chi connectivity index (χ3v) is 6.46. The van der Waals surface area contributed by atoms with Crippen molar-refractivity contribution in [2.24, 2.45) is 0 Å². The molecule has 0 saturated heterocycles. The summed E-state index contributed by atoms with van der Waals surface area (Å²) >= 11 is 0. The maximum atomic E-state index is 13.9. The summed E-state index contributed by atoms with van der Waals surface area (Å²) in [6.45, 7) is 1.93. The van der Waals surface area contributed by atoms with E-state index in [-0.39, 0.29) is 18.4 Å². The van der Waals surface area contributed by atoms with Crippen molar-refractivity contribution in [2.75, 3.05) is 12.8 Å². The van der Waals surface area contributed by atoms with Gasteiger partial charge in [-0.1, -0.05) is 30.3 Å². The van der Waals surface area contributed by atoms with Gasteiger partial charge in [0.1, 0.15) is 11.4 Å². The summed E-state index contributed by atoms with van der Waals surface area (Å²) in [5.74, 6) is 1.20. The number of fused-ring (bicyclic) bond motifs is 3. The number of aromatic nitrogens is 7. The van der Waals surface area contributed by atoms with Crippen molar-refractivity contribution in [3.63, 3.8) is 0 Å². The first-order chi connectivity index (χ1) is 18.5. The number of furan rings is 1. The van der Waals surface area contributed by atoms with E-state index in [1.54, 1.807) is 61.6 Å². The predicted molar refractivity (Wildman–Crippen MR) is 138 cm³/mol. The molecule has 5 aromatic heterocycles. The molecule has 0 aliphatic carbocycles. The van der Waals surface area contributed by atoms with Crippen LogP contribution in [0.15, 0.2) is 77.7 Å². The first-order valence-corrected chi connectivity index (χ1v) is 11.8. The van der Waals surface area contributed by atoms with Crippen LogP contribution in [0.5, 0.6) is 5.75 Å². The van der Waals surface area contributed by atoms with Crippen LogP contribution in [0.4, 0.5) is 5.95 Å². The van der Waals surface area contributed by atoms with Gasteiger partial charge < -0.3 is 20.2 Å². The van der Waals surface area contributed by atoms with Crippen LogP contribution in [0.1, 0.15) is 18.2 Å². The minimum Gasteiger partial charge on any atom is -0.495 e. The van der Waals surface area contributed by atoms with Crippen LogP contribution in [0.25, 0.3) is 28.3 Å². The van der Waals surface area contributed by atoms with Gasteiger partial charge in [0.2, 0.25) is 11.8 Å². The zero-order chi connectivity index (χ0) is 26.3. The Bertz CT molecular complexity index is 1760. The van der Waals surface area contributed by atoms with Gasteiger partial charge in [-0.25, -0.2) is 9.67 Å². The Morgan fingerprint density at radius 2 is 1.95 bits per heavy atom. The highest BCUT2D eigenvalue weighted by Gasteiger charge is 2.40. The Balaban J connectivity index is 1.47. The van der Waals surface area contributed by atoms with E-state index in [1.165, 1.54) is 4.52 Å². The molecule has 0 spiro atoms. The van der Waals surface area contributed by atoms with Gasteiger partial charge in [-0.15, -0.1) is 5.10 Å². The van der Waals surface area contributed by atoms with E-state index >= 15 is 0 Å². The Labute approximate surface area is 216 Å². The van der Waals surface area contributed by atoms with Gasteiger partial charge in [0.15, 0.2) is 22.6 Å². The summed E-state index contributed by atoms with van der Waals surface area (Å²) in [6.07, 6.45) is 4.80. The number of nitrogens with two attached hydrogens (primary N) is 1. The molecule has 6 rings (SSSR count). The number of nitrogens with zero attached hydrogens (tertiary/aromatic N) is 7. The molecule has 1 amide bonds. The van der Waals surface area contributed by atoms with E-state index in [2.05, 4.69) is 30.5 Å². The number of hydrogen-bond acceptors (Lipinski definition) is 9. The third-order valence-electron chi connectivity index (χ3n) is 6.46. The highest BCUT2D eigenvalue weighted by Crippen LogP contribution is 2.32. The lowest BCUT2D eigenvalue weighted by Gasteiger charge is -2.30. The second-order valence-electron chi connectivity index (χ2n) is 8.69. The average Bonchev–Trinajstić information content (AvgIpc) is 3.72. The van der Waals surface area contributed by atoms with Gasteiger partial charge in [0, 0.05) is 6.20 Å². The Morgan fingerprint density at radius 1 is 1.11 bits per heavy atom. The van der Waals surface area contributed by atoms with Gasteiger partial charge >= 0.3 is 0 Å². The molecule has 12 nitrogen and oxygen atoms in total. The SMILES string of the molecule is COc1cccnc1CNC(=O)C(C)(c1ccccc1)n1ncc2c1nc(N)n1nc(-c3ccco3)nc21. The van der Waals surface area contributed by atoms with Crippen LogP contribution in [-0.4, -0.2) is 47.4 Å². The van der Waals surface area contributed by atoms with Crippen molar-refractivity contribution in [2.45, 2.75) is 19.0 Å². The summed E-state index contributed by atoms with van der Waals surface area (Å²) in [7, 11) is 1.56. The van der Waals surface area contributed by atoms with E-state index in [1.807, 2.05) is 30.3 Å². The van der Waals surface area contributed by atoms with E-state index in [9.17, 15) is 4.79 Å². The molecule has 0 bridgehead atoms. The fourth-order valence-electron chi connectivity index (χ4n) is 4.44. The minimum absolute atomic E-state index is 0.0913. The molecule has 0 radical (unpaired) electrons. The summed E-state index contributed by atoms with van der Waals surface area (Å²) in [5.41, 5.74) is 7.12. The lowest BCUT2D eigenvalue weighted by molar-refractivity contribution is -0.127. The molecule has 6 aromatic rings. The first kappa shape index (κ1) is 23.2. The monoisotopic (exact) mass is 509 g/mol. The maximum Gasteiger partial charge on any atom is 0.252 e. The van der Waals surface area contributed by atoms with Crippen LogP contribution in [0.2, 0.25) is 0 Å². The zero-order valence-electron chi connectivity index (χ0n) is 20.6. The Morgan fingerprint density at radius 3 is 2.71 bits per heavy atom. The topological polar surface area (TPSA) is 151 Å². The molecule has 0 saturated carbocycles. The third kappa shape index (κ3) is 3.61. The van der Waals surface area contributed by atoms with Crippen LogP contribution in [0.3, 0.4) is 0 Å². The van der Waals surface area contributed by atoms with Crippen molar-refractivity contribution in [1.29, 1.82) is 0 Å². The molecule has 1 atom stereocenters. The molecule has 5 heterocycles. The normalized spacial score (nSPS) is 13.0. The van der Waals surface area contributed by atoms with Crippen LogP contribution < -0.4 is 15.8 Å². The number of benzene rings is 1. The summed E-state index contributed by atoms with van der Waals surface area (Å²) in [5, 5.41) is 12.6. The van der Waals surface area contributed by atoms with Crippen molar-refractivity contribution in [3.8, 4) is 17.3 Å². The van der Waals surface area contributed by atoms with Gasteiger partial charge in [-0.05, 0) is 36.8 Å². The number of rotatable bonds is 7. The average molecular weight is 510 g/mol. The standard InChI is InChI=1S/C26H23N9O3/c1-26(16-8-4-3-5-9-16,24(36)29-15-18-19(37-2)10-6-12-28-18)35-23-17(14-30-35)22-31-21(20-11-7-13-38-20)33-34(22)25(27)32-23/h3-14H,15H2,1-2H3,(H2,27,32)(H,29,36). The van der Waals surface area contributed by atoms with E-state index in [0.29, 0.717) is 45.3 Å². The predicted octanol–water partition coefficient (Wildman–Crippen LogP) is 2.80. The second-order valence-corrected chi connectivity index (χ2v) is 8.69. The van der Waals surface area contributed by atoms with E-state index in [4.69, 9.17) is 14.9 Å². The molecule has 1 unspecified atom stereocenters. The quantitative estimate of drug-likeness (QED) is 0.331. The zero-order valence-corrected chi connectivity index (χ0v) is 20.6. The highest BCUT2D eigenvalue weighted by atomic mass is 16.5. The van der Waals surface area contributed by atoms with Gasteiger partial charge in [0.25, 0.3) is 5.91 Å². The van der Waals surface area contributed by atoms with Crippen molar-refractivity contribution in [1.82, 2.24) is 39.7 Å². The fourth-order valence-corrected chi connectivity index (χ4v) is 4.44. The number of methoxy groups -OCH3 is 1. The number of nitrogens with one attached hydrogen (secondary N) is 1. The second kappa shape index (κ2) is 9.00. The lowest BCUT2D eigenvalue weighted by atomic mass is 9.91. The van der Waals surface area contributed by atoms with Crippen molar-refractivity contribution >= 4 is 28.5 Å². The largest absolute Gasteiger partial charge is 0.495 e. The summed E-state index contributed by atoms with van der Waals surface area (Å²) < 4.78 is 13.8. The highest BCUT2D eigenvalue weighted by molar-refractivity contribution is 5.94. The van der Waals surface area contributed by atoms with Gasteiger partial charge in [0.05, 0.1) is 31.5 Å². The molecule has 38 heavy (non-hydrogen) atoms. The van der Waals surface area contributed by atoms with Crippen LogP contribution in [0, 0.1) is 0 Å². The molecular formula is C26H23N9O3. The van der Waals surface area contributed by atoms with Crippen molar-refractivity contribution < 1.29 is 13.9 Å². The van der Waals surface area contributed by atoms with Crippen molar-refractivity contribution in [3.05, 3.63) is 84.5 Å². The van der Waals surface area contributed by atoms with Crippen LogP contribution in [-0.2, 0) is 16.9 Å². The fraction of sp³-hybridized carbons (Fsp3) is 0.154. The molecule has 0 aliphatic heterocycles. The number of carbonyl (C=O) groups excluding carboxylic acids is 1. The molecule has 0 aliphatic rings. The number of carbonyl (C=O) groups is 1. The van der Waals surface area contributed by atoms with Gasteiger partial charge in [-0.2, -0.15) is 14.6 Å². The number of ether oxygens (including phenoxy) is 1. The first-order valence-electron chi connectivity index (χ1n) is 11.8. The Hall–Kier alpha value is -5.26. The minimum atomic E-state index is -1.30. The molecule has 3 N–H and O–H groups in total. The molecule has 12 heteroatoms. The molecule has 0 fully saturated rings. The molecule has 1 aromatic carbocycles. The lowest BCUT2D eigenvalue weighted by Crippen LogP contribution is -2.48. The number of nitrogen functional groups attached to an aromatic ring is 1. The summed E-state index contributed by atoms with van der Waals surface area (Å²) in [4.78, 5) is 27.5. The number of pyridine rings is 1. The molecular weight excluding hydrogens is 486 g/mol. The smallest absolute Gasteiger partial charge is 0.252 e. The van der Waals surface area contributed by atoms with E-state index in [0.717, 1.165) is 0 Å². The summed E-state index contributed by atoms with van der Waals surface area (Å²) in [6, 6.07) is 16.4. The molecule has 190 valence electrons.